The lowest BCUT2D eigenvalue weighted by Gasteiger charge is -2.19. The second-order valence-electron chi connectivity index (χ2n) is 6.00. The molecule has 1 aromatic carbocycles. The third kappa shape index (κ3) is 7.70. The minimum absolute atomic E-state index is 0.312. The summed E-state index contributed by atoms with van der Waals surface area (Å²) in [4.78, 5) is 26.2. The molecule has 0 spiro atoms. The van der Waals surface area contributed by atoms with E-state index in [4.69, 9.17) is 34.5 Å². The molecule has 1 atom stereocenters. The van der Waals surface area contributed by atoms with E-state index in [0.717, 1.165) is 35.1 Å². The first kappa shape index (κ1) is 23.1. The Bertz CT molecular complexity index is 788. The van der Waals surface area contributed by atoms with Crippen LogP contribution in [0.25, 0.3) is 10.9 Å². The lowest BCUT2D eigenvalue weighted by molar-refractivity contribution is 0.275. The first-order valence-electron chi connectivity index (χ1n) is 8.38. The summed E-state index contributed by atoms with van der Waals surface area (Å²) in [6.07, 6.45) is 2.00. The van der Waals surface area contributed by atoms with Gasteiger partial charge in [-0.2, -0.15) is 0 Å². The lowest BCUT2D eigenvalue weighted by atomic mass is 10.1. The van der Waals surface area contributed by atoms with Gasteiger partial charge in [0.15, 0.2) is 11.5 Å². The maximum atomic E-state index is 8.88. The third-order valence-corrected chi connectivity index (χ3v) is 3.70. The van der Waals surface area contributed by atoms with Gasteiger partial charge in [0.05, 0.1) is 25.4 Å². The van der Waals surface area contributed by atoms with Crippen LogP contribution in [0.2, 0.25) is 0 Å². The smallest absolute Gasteiger partial charge is 0.466 e. The monoisotopic (exact) mass is 401 g/mol. The van der Waals surface area contributed by atoms with Crippen molar-refractivity contribution in [2.24, 2.45) is 5.73 Å². The molecule has 6 N–H and O–H groups in total. The Morgan fingerprint density at radius 2 is 1.89 bits per heavy atom. The molecule has 0 bridgehead atoms. The molecule has 0 radical (unpaired) electrons. The van der Waals surface area contributed by atoms with Gasteiger partial charge in [0.1, 0.15) is 0 Å². The van der Waals surface area contributed by atoms with Crippen LogP contribution >= 0.6 is 7.82 Å². The maximum absolute atomic E-state index is 8.88. The first-order valence-corrected chi connectivity index (χ1v) is 9.94. The molecule has 27 heavy (non-hydrogen) atoms. The Kier molecular flexibility index (Phi) is 8.95. The number of ether oxygens (including phenoxy) is 2. The molecule has 2 rings (SSSR count). The summed E-state index contributed by atoms with van der Waals surface area (Å²) in [7, 11) is -1.35. The molecule has 0 saturated carbocycles. The molecule has 0 fully saturated rings. The zero-order valence-electron chi connectivity index (χ0n) is 16.0. The van der Waals surface area contributed by atoms with E-state index in [-0.39, 0.29) is 0 Å². The van der Waals surface area contributed by atoms with Crippen molar-refractivity contribution in [3.05, 3.63) is 23.9 Å². The molecular formula is C17H28N3O6P. The Morgan fingerprint density at radius 3 is 2.41 bits per heavy atom. The molecule has 1 heterocycles. The van der Waals surface area contributed by atoms with Crippen molar-refractivity contribution in [1.29, 1.82) is 0 Å². The molecule has 1 unspecified atom stereocenters. The van der Waals surface area contributed by atoms with Crippen LogP contribution in [0.4, 0.5) is 5.69 Å². The predicted octanol–water partition coefficient (Wildman–Crippen LogP) is 2.17. The highest BCUT2D eigenvalue weighted by Crippen LogP contribution is 2.39. The maximum Gasteiger partial charge on any atom is 0.466 e. The summed E-state index contributed by atoms with van der Waals surface area (Å²) in [5.74, 6) is 1.42. The average Bonchev–Trinajstić information content (AvgIpc) is 2.58. The van der Waals surface area contributed by atoms with E-state index in [1.165, 1.54) is 0 Å². The average molecular weight is 401 g/mol. The zero-order valence-corrected chi connectivity index (χ0v) is 16.9. The predicted molar refractivity (Wildman–Crippen MR) is 105 cm³/mol. The van der Waals surface area contributed by atoms with Crippen LogP contribution in [-0.4, -0.2) is 46.5 Å². The van der Waals surface area contributed by atoms with Crippen molar-refractivity contribution >= 4 is 24.4 Å². The summed E-state index contributed by atoms with van der Waals surface area (Å²) in [5, 5.41) is 4.46. The van der Waals surface area contributed by atoms with Gasteiger partial charge < -0.3 is 35.2 Å². The van der Waals surface area contributed by atoms with Gasteiger partial charge in [-0.25, -0.2) is 4.57 Å². The number of anilines is 1. The highest BCUT2D eigenvalue weighted by molar-refractivity contribution is 7.45. The number of rotatable bonds is 7. The summed E-state index contributed by atoms with van der Waals surface area (Å²) < 4.78 is 19.9. The van der Waals surface area contributed by atoms with Gasteiger partial charge in [-0.15, -0.1) is 0 Å². The number of methoxy groups -OCH3 is 2. The number of nitrogens with two attached hydrogens (primary N) is 1. The van der Waals surface area contributed by atoms with Crippen molar-refractivity contribution < 1.29 is 28.7 Å². The van der Waals surface area contributed by atoms with Crippen molar-refractivity contribution in [2.75, 3.05) is 26.1 Å². The van der Waals surface area contributed by atoms with E-state index in [1.807, 2.05) is 25.1 Å². The van der Waals surface area contributed by atoms with E-state index >= 15 is 0 Å². The van der Waals surface area contributed by atoms with Gasteiger partial charge >= 0.3 is 7.82 Å². The number of phosphoric acid groups is 1. The normalized spacial score (nSPS) is 12.1. The van der Waals surface area contributed by atoms with Crippen molar-refractivity contribution in [2.45, 2.75) is 32.7 Å². The van der Waals surface area contributed by atoms with Crippen LogP contribution in [0.1, 0.15) is 25.5 Å². The quantitative estimate of drug-likeness (QED) is 0.440. The highest BCUT2D eigenvalue weighted by Gasteiger charge is 2.16. The summed E-state index contributed by atoms with van der Waals surface area (Å²) in [6.45, 7) is 4.84. The fourth-order valence-electron chi connectivity index (χ4n) is 2.58. The van der Waals surface area contributed by atoms with Gasteiger partial charge in [0.2, 0.25) is 0 Å². The molecule has 0 aliphatic heterocycles. The van der Waals surface area contributed by atoms with Crippen molar-refractivity contribution in [3.8, 4) is 11.5 Å². The molecule has 10 heteroatoms. The van der Waals surface area contributed by atoms with Gasteiger partial charge in [-0.1, -0.05) is 0 Å². The van der Waals surface area contributed by atoms with Crippen LogP contribution in [0.3, 0.4) is 0 Å². The number of hydrogen-bond acceptors (Lipinski definition) is 6. The van der Waals surface area contributed by atoms with Gasteiger partial charge in [-0.3, -0.25) is 4.98 Å². The Morgan fingerprint density at radius 1 is 1.26 bits per heavy atom. The molecule has 0 amide bonds. The molecule has 0 aliphatic carbocycles. The van der Waals surface area contributed by atoms with Gasteiger partial charge in [0.25, 0.3) is 0 Å². The van der Waals surface area contributed by atoms with E-state index in [0.29, 0.717) is 24.1 Å². The number of hydrogen-bond donors (Lipinski definition) is 5. The molecular weight excluding hydrogens is 373 g/mol. The summed E-state index contributed by atoms with van der Waals surface area (Å²) in [5.41, 5.74) is 8.42. The highest BCUT2D eigenvalue weighted by atomic mass is 31.2. The third-order valence-electron chi connectivity index (χ3n) is 3.70. The molecule has 0 saturated heterocycles. The molecule has 2 aromatic rings. The molecule has 152 valence electrons. The number of benzene rings is 1. The van der Waals surface area contributed by atoms with Crippen molar-refractivity contribution in [3.63, 3.8) is 0 Å². The van der Waals surface area contributed by atoms with Crippen LogP contribution in [0, 0.1) is 6.92 Å². The Hall–Kier alpha value is -1.90. The molecule has 0 aliphatic rings. The number of nitrogens with zero attached hydrogens (tertiary/aromatic N) is 1. The van der Waals surface area contributed by atoms with Crippen LogP contribution in [0.15, 0.2) is 18.2 Å². The van der Waals surface area contributed by atoms with Crippen LogP contribution in [-0.2, 0) is 4.57 Å². The van der Waals surface area contributed by atoms with Crippen molar-refractivity contribution in [1.82, 2.24) is 4.98 Å². The molecule has 9 nitrogen and oxygen atoms in total. The van der Waals surface area contributed by atoms with E-state index < -0.39 is 7.82 Å². The largest absolute Gasteiger partial charge is 0.493 e. The number of aromatic nitrogens is 1. The number of fused-ring (bicyclic) bond motifs is 1. The van der Waals surface area contributed by atoms with Crippen LogP contribution in [0.5, 0.6) is 11.5 Å². The van der Waals surface area contributed by atoms with Gasteiger partial charge in [-0.05, 0) is 45.4 Å². The Labute approximate surface area is 158 Å². The fourth-order valence-corrected chi connectivity index (χ4v) is 2.58. The van der Waals surface area contributed by atoms with E-state index in [9.17, 15) is 0 Å². The Balaban J connectivity index is 0.000000646. The SMILES string of the molecule is COc1cc(NC(C)CCCN)c2nc(C)ccc2c1OC.O=P(O)(O)O. The molecule has 1 aromatic heterocycles. The first-order chi connectivity index (χ1) is 12.6. The fraction of sp³-hybridized carbons (Fsp3) is 0.471. The number of nitrogens with one attached hydrogen (secondary N) is 1. The topological polar surface area (TPSA) is 147 Å². The van der Waals surface area contributed by atoms with E-state index in [2.05, 4.69) is 17.2 Å². The van der Waals surface area contributed by atoms with E-state index in [1.54, 1.807) is 14.2 Å². The second kappa shape index (κ2) is 10.4. The summed E-state index contributed by atoms with van der Waals surface area (Å²) in [6, 6.07) is 6.26. The standard InChI is InChI=1S/C17H25N3O2.H3O4P/c1-11(6-5-9-18)19-14-10-15(21-3)17(22-4)13-8-7-12(2)20-16(13)14;1-5(2,3)4/h7-8,10-11,19H,5-6,9,18H2,1-4H3;(H3,1,2,3,4). The van der Waals surface area contributed by atoms with Gasteiger partial charge in [0, 0.05) is 23.2 Å². The second-order valence-corrected chi connectivity index (χ2v) is 7.02. The minimum atomic E-state index is -4.64. The minimum Gasteiger partial charge on any atom is -0.493 e. The summed E-state index contributed by atoms with van der Waals surface area (Å²) >= 11 is 0. The lowest BCUT2D eigenvalue weighted by Crippen LogP contribution is -2.17. The number of pyridine rings is 1. The zero-order chi connectivity index (χ0) is 20.6. The van der Waals surface area contributed by atoms with Crippen LogP contribution < -0.4 is 20.5 Å². The number of aryl methyl sites for hydroxylation is 1.